The molecule has 0 N–H and O–H groups in total. The summed E-state index contributed by atoms with van der Waals surface area (Å²) in [5.41, 5.74) is 0. The molecule has 110 valence electrons. The first kappa shape index (κ1) is 14.8. The van der Waals surface area contributed by atoms with Crippen molar-refractivity contribution >= 4 is 5.91 Å². The summed E-state index contributed by atoms with van der Waals surface area (Å²) < 4.78 is 0. The fourth-order valence-electron chi connectivity index (χ4n) is 3.28. The number of likely N-dealkylation sites (N-methyl/N-ethyl adjacent to an activating group) is 1. The number of piperazine rings is 1. The van der Waals surface area contributed by atoms with Gasteiger partial charge >= 0.3 is 0 Å². The van der Waals surface area contributed by atoms with E-state index in [-0.39, 0.29) is 6.04 Å². The Hall–Kier alpha value is -0.610. The van der Waals surface area contributed by atoms with Crippen LogP contribution in [0.5, 0.6) is 0 Å². The maximum absolute atomic E-state index is 12.6. The van der Waals surface area contributed by atoms with Crippen LogP contribution in [-0.4, -0.2) is 72.5 Å². The van der Waals surface area contributed by atoms with Crippen molar-refractivity contribution in [2.45, 2.75) is 39.7 Å². The number of carbonyl (C=O) groups is 1. The normalized spacial score (nSPS) is 28.4. The third-order valence-corrected chi connectivity index (χ3v) is 4.73. The van der Waals surface area contributed by atoms with Crippen LogP contribution in [0.2, 0.25) is 0 Å². The van der Waals surface area contributed by atoms with Gasteiger partial charge < -0.3 is 9.80 Å². The first-order chi connectivity index (χ1) is 9.11. The summed E-state index contributed by atoms with van der Waals surface area (Å²) in [6.45, 7) is 13.9. The lowest BCUT2D eigenvalue weighted by Gasteiger charge is -2.40. The van der Waals surface area contributed by atoms with Crippen LogP contribution >= 0.6 is 0 Å². The second-order valence-corrected chi connectivity index (χ2v) is 6.18. The molecule has 0 aromatic heterocycles. The molecule has 2 aliphatic heterocycles. The molecule has 2 saturated heterocycles. The predicted octanol–water partition coefficient (Wildman–Crippen LogP) is 1.27. The topological polar surface area (TPSA) is 26.8 Å². The highest BCUT2D eigenvalue weighted by Gasteiger charge is 2.30. The minimum absolute atomic E-state index is 0.0595. The minimum atomic E-state index is 0.0595. The second-order valence-electron chi connectivity index (χ2n) is 6.18. The van der Waals surface area contributed by atoms with Crippen LogP contribution in [0, 0.1) is 5.92 Å². The fraction of sp³-hybridized carbons (Fsp3) is 0.933. The Balaban J connectivity index is 1.85. The van der Waals surface area contributed by atoms with Crippen molar-refractivity contribution in [3.63, 3.8) is 0 Å². The number of nitrogens with zero attached hydrogens (tertiary/aromatic N) is 3. The number of amides is 1. The van der Waals surface area contributed by atoms with Gasteiger partial charge in [-0.1, -0.05) is 13.8 Å². The second kappa shape index (κ2) is 6.71. The minimum Gasteiger partial charge on any atom is -0.341 e. The van der Waals surface area contributed by atoms with Gasteiger partial charge in [0, 0.05) is 39.3 Å². The van der Waals surface area contributed by atoms with Crippen LogP contribution < -0.4 is 0 Å². The highest BCUT2D eigenvalue weighted by molar-refractivity contribution is 5.81. The summed E-state index contributed by atoms with van der Waals surface area (Å²) in [4.78, 5) is 19.5. The van der Waals surface area contributed by atoms with E-state index in [1.807, 2.05) is 0 Å². The molecule has 0 bridgehead atoms. The smallest absolute Gasteiger partial charge is 0.239 e. The number of hydrogen-bond acceptors (Lipinski definition) is 3. The third kappa shape index (κ3) is 3.69. The van der Waals surface area contributed by atoms with E-state index in [4.69, 9.17) is 0 Å². The van der Waals surface area contributed by atoms with Crippen molar-refractivity contribution < 1.29 is 4.79 Å². The molecule has 2 heterocycles. The van der Waals surface area contributed by atoms with Crippen LogP contribution in [0.25, 0.3) is 0 Å². The van der Waals surface area contributed by atoms with E-state index in [0.717, 1.165) is 45.8 Å². The molecular formula is C15H29N3O. The molecule has 0 aromatic carbocycles. The van der Waals surface area contributed by atoms with Crippen molar-refractivity contribution in [2.75, 3.05) is 45.8 Å². The van der Waals surface area contributed by atoms with Crippen LogP contribution in [0.3, 0.4) is 0 Å². The Labute approximate surface area is 117 Å². The predicted molar refractivity (Wildman–Crippen MR) is 78.1 cm³/mol. The van der Waals surface area contributed by atoms with Gasteiger partial charge in [0.2, 0.25) is 5.91 Å². The quantitative estimate of drug-likeness (QED) is 0.770. The van der Waals surface area contributed by atoms with Gasteiger partial charge in [-0.15, -0.1) is 0 Å². The molecule has 1 amide bonds. The summed E-state index contributed by atoms with van der Waals surface area (Å²) in [7, 11) is 0. The number of hydrogen-bond donors (Lipinski definition) is 0. The molecule has 4 nitrogen and oxygen atoms in total. The Morgan fingerprint density at radius 2 is 1.89 bits per heavy atom. The van der Waals surface area contributed by atoms with Gasteiger partial charge in [0.25, 0.3) is 0 Å². The summed E-state index contributed by atoms with van der Waals surface area (Å²) in [5, 5.41) is 0. The van der Waals surface area contributed by atoms with Crippen molar-refractivity contribution in [1.82, 2.24) is 14.7 Å². The van der Waals surface area contributed by atoms with Crippen LogP contribution in [0.1, 0.15) is 33.6 Å². The van der Waals surface area contributed by atoms with Gasteiger partial charge in [-0.25, -0.2) is 0 Å². The summed E-state index contributed by atoms with van der Waals surface area (Å²) in [5.74, 6) is 1.01. The molecule has 19 heavy (non-hydrogen) atoms. The molecular weight excluding hydrogens is 238 g/mol. The number of carbonyl (C=O) groups excluding carboxylic acids is 1. The SMILES string of the molecule is CCN1CCN([C@H](C)C(=O)N2CCC[C@H](C)C2)CC1. The molecule has 2 atom stereocenters. The molecule has 0 radical (unpaired) electrons. The van der Waals surface area contributed by atoms with E-state index >= 15 is 0 Å². The molecule has 0 saturated carbocycles. The average molecular weight is 267 g/mol. The Kier molecular flexibility index (Phi) is 5.22. The zero-order chi connectivity index (χ0) is 13.8. The monoisotopic (exact) mass is 267 g/mol. The number of rotatable bonds is 3. The lowest BCUT2D eigenvalue weighted by Crippen LogP contribution is -2.55. The van der Waals surface area contributed by atoms with Crippen molar-refractivity contribution in [3.8, 4) is 0 Å². The van der Waals surface area contributed by atoms with Crippen molar-refractivity contribution in [1.29, 1.82) is 0 Å². The van der Waals surface area contributed by atoms with Crippen LogP contribution in [0.4, 0.5) is 0 Å². The third-order valence-electron chi connectivity index (χ3n) is 4.73. The van der Waals surface area contributed by atoms with E-state index in [0.29, 0.717) is 11.8 Å². The van der Waals surface area contributed by atoms with E-state index in [1.54, 1.807) is 0 Å². The zero-order valence-corrected chi connectivity index (χ0v) is 12.8. The zero-order valence-electron chi connectivity index (χ0n) is 12.8. The summed E-state index contributed by atoms with van der Waals surface area (Å²) in [6, 6.07) is 0.0595. The van der Waals surface area contributed by atoms with Crippen molar-refractivity contribution in [3.05, 3.63) is 0 Å². The fourth-order valence-corrected chi connectivity index (χ4v) is 3.28. The largest absolute Gasteiger partial charge is 0.341 e. The van der Waals surface area contributed by atoms with Gasteiger partial charge in [-0.05, 0) is 32.2 Å². The van der Waals surface area contributed by atoms with Crippen LogP contribution in [0.15, 0.2) is 0 Å². The first-order valence-corrected chi connectivity index (χ1v) is 7.87. The lowest BCUT2D eigenvalue weighted by molar-refractivity contribution is -0.138. The highest BCUT2D eigenvalue weighted by Crippen LogP contribution is 2.18. The average Bonchev–Trinajstić information content (AvgIpc) is 2.46. The number of likely N-dealkylation sites (tertiary alicyclic amines) is 1. The number of piperidine rings is 1. The summed E-state index contributed by atoms with van der Waals surface area (Å²) >= 11 is 0. The lowest BCUT2D eigenvalue weighted by atomic mass is 9.99. The Morgan fingerprint density at radius 3 is 2.47 bits per heavy atom. The van der Waals surface area contributed by atoms with Crippen molar-refractivity contribution in [2.24, 2.45) is 5.92 Å². The first-order valence-electron chi connectivity index (χ1n) is 7.87. The van der Waals surface area contributed by atoms with Crippen LogP contribution in [-0.2, 0) is 4.79 Å². The Bertz CT molecular complexity index is 300. The van der Waals surface area contributed by atoms with Gasteiger partial charge in [-0.2, -0.15) is 0 Å². The Morgan fingerprint density at radius 1 is 1.21 bits per heavy atom. The highest BCUT2D eigenvalue weighted by atomic mass is 16.2. The van der Waals surface area contributed by atoms with Gasteiger partial charge in [0.1, 0.15) is 0 Å². The van der Waals surface area contributed by atoms with Gasteiger partial charge in [0.05, 0.1) is 6.04 Å². The molecule has 2 aliphatic rings. The maximum atomic E-state index is 12.6. The maximum Gasteiger partial charge on any atom is 0.239 e. The van der Waals surface area contributed by atoms with E-state index < -0.39 is 0 Å². The molecule has 2 rings (SSSR count). The molecule has 0 aliphatic carbocycles. The van der Waals surface area contributed by atoms with E-state index in [2.05, 4.69) is 35.5 Å². The molecule has 4 heteroatoms. The van der Waals surface area contributed by atoms with E-state index in [9.17, 15) is 4.79 Å². The standard InChI is InChI=1S/C15H29N3O/c1-4-16-8-10-17(11-9-16)14(3)15(19)18-7-5-6-13(2)12-18/h13-14H,4-12H2,1-3H3/t13-,14+/m0/s1. The molecule has 0 unspecified atom stereocenters. The molecule has 0 spiro atoms. The molecule has 2 fully saturated rings. The van der Waals surface area contributed by atoms with E-state index in [1.165, 1.54) is 12.8 Å². The molecule has 0 aromatic rings. The van der Waals surface area contributed by atoms with Gasteiger partial charge in [-0.3, -0.25) is 9.69 Å². The van der Waals surface area contributed by atoms with Gasteiger partial charge in [0.15, 0.2) is 0 Å². The summed E-state index contributed by atoms with van der Waals surface area (Å²) in [6.07, 6.45) is 2.44.